The second kappa shape index (κ2) is 8.59. The number of rotatable bonds is 5. The number of piperazine rings is 1. The van der Waals surface area contributed by atoms with Gasteiger partial charge in [0.05, 0.1) is 10.4 Å². The van der Waals surface area contributed by atoms with Gasteiger partial charge in [0.1, 0.15) is 5.82 Å². The summed E-state index contributed by atoms with van der Waals surface area (Å²) in [4.78, 5) is 31.9. The van der Waals surface area contributed by atoms with E-state index in [-0.39, 0.29) is 24.0 Å². The van der Waals surface area contributed by atoms with Crippen molar-refractivity contribution in [1.29, 1.82) is 0 Å². The van der Waals surface area contributed by atoms with Crippen molar-refractivity contribution >= 4 is 28.3 Å². The fraction of sp³-hybridized carbons (Fsp3) is 0.304. The molecule has 2 aromatic carbocycles. The Balaban J connectivity index is 1.39. The molecule has 0 saturated carbocycles. The van der Waals surface area contributed by atoms with Gasteiger partial charge in [0.25, 0.3) is 5.91 Å². The number of anilines is 1. The molecule has 0 bridgehead atoms. The maximum absolute atomic E-state index is 12.6. The van der Waals surface area contributed by atoms with Gasteiger partial charge in [-0.2, -0.15) is 0 Å². The SMILES string of the molecule is Cc1cc(N2CCN(C(=O)COc3ccccc3[N+](=O)[O-])CC2)nc2c(C)cccc12. The van der Waals surface area contributed by atoms with E-state index < -0.39 is 4.92 Å². The van der Waals surface area contributed by atoms with Gasteiger partial charge >= 0.3 is 5.69 Å². The molecule has 0 spiro atoms. The fourth-order valence-electron chi connectivity index (χ4n) is 3.85. The smallest absolute Gasteiger partial charge is 0.310 e. The van der Waals surface area contributed by atoms with Gasteiger partial charge in [-0.25, -0.2) is 4.98 Å². The molecule has 1 amide bonds. The molecular weight excluding hydrogens is 396 g/mol. The predicted octanol–water partition coefficient (Wildman–Crippen LogP) is 3.49. The number of pyridine rings is 1. The van der Waals surface area contributed by atoms with Crippen LogP contribution in [0.1, 0.15) is 11.1 Å². The molecule has 1 aliphatic heterocycles. The van der Waals surface area contributed by atoms with Crippen molar-refractivity contribution in [3.63, 3.8) is 0 Å². The van der Waals surface area contributed by atoms with E-state index >= 15 is 0 Å². The van der Waals surface area contributed by atoms with Gasteiger partial charge in [0, 0.05) is 37.6 Å². The van der Waals surface area contributed by atoms with Crippen LogP contribution in [-0.2, 0) is 4.79 Å². The van der Waals surface area contributed by atoms with Crippen LogP contribution in [-0.4, -0.2) is 53.5 Å². The lowest BCUT2D eigenvalue weighted by molar-refractivity contribution is -0.385. The first-order valence-electron chi connectivity index (χ1n) is 10.2. The maximum Gasteiger partial charge on any atom is 0.310 e. The van der Waals surface area contributed by atoms with Crippen LogP contribution in [0, 0.1) is 24.0 Å². The highest BCUT2D eigenvalue weighted by Crippen LogP contribution is 2.27. The molecule has 0 aliphatic carbocycles. The highest BCUT2D eigenvalue weighted by molar-refractivity contribution is 5.86. The van der Waals surface area contributed by atoms with Crippen molar-refractivity contribution in [2.24, 2.45) is 0 Å². The average molecular weight is 420 g/mol. The van der Waals surface area contributed by atoms with E-state index in [1.54, 1.807) is 17.0 Å². The molecule has 0 N–H and O–H groups in total. The van der Waals surface area contributed by atoms with Crippen molar-refractivity contribution in [3.05, 3.63) is 69.8 Å². The third-order valence-electron chi connectivity index (χ3n) is 5.60. The van der Waals surface area contributed by atoms with Gasteiger partial charge in [0.2, 0.25) is 0 Å². The number of nitro groups is 1. The quantitative estimate of drug-likeness (QED) is 0.464. The molecule has 1 aromatic heterocycles. The second-order valence-electron chi connectivity index (χ2n) is 7.65. The number of ether oxygens (including phenoxy) is 1. The van der Waals surface area contributed by atoms with E-state index in [1.165, 1.54) is 17.7 Å². The molecule has 0 radical (unpaired) electrons. The molecule has 1 saturated heterocycles. The lowest BCUT2D eigenvalue weighted by atomic mass is 10.1. The van der Waals surface area contributed by atoms with E-state index in [1.807, 2.05) is 6.07 Å². The Morgan fingerprint density at radius 1 is 1.06 bits per heavy atom. The van der Waals surface area contributed by atoms with Crippen molar-refractivity contribution in [3.8, 4) is 5.75 Å². The van der Waals surface area contributed by atoms with Crippen LogP contribution in [0.5, 0.6) is 5.75 Å². The standard InChI is InChI=1S/C23H24N4O4/c1-16-6-5-7-18-17(2)14-21(24-23(16)18)25-10-12-26(13-11-25)22(28)15-31-20-9-4-3-8-19(20)27(29)30/h3-9,14H,10-13,15H2,1-2H3. The summed E-state index contributed by atoms with van der Waals surface area (Å²) < 4.78 is 5.44. The molecular formula is C23H24N4O4. The third-order valence-corrected chi connectivity index (χ3v) is 5.60. The van der Waals surface area contributed by atoms with Gasteiger partial charge in [0.15, 0.2) is 12.4 Å². The van der Waals surface area contributed by atoms with Gasteiger partial charge in [-0.3, -0.25) is 14.9 Å². The first-order chi connectivity index (χ1) is 14.9. The Morgan fingerprint density at radius 2 is 1.81 bits per heavy atom. The van der Waals surface area contributed by atoms with Crippen LogP contribution in [0.15, 0.2) is 48.5 Å². The molecule has 160 valence electrons. The number of hydrogen-bond acceptors (Lipinski definition) is 6. The summed E-state index contributed by atoms with van der Waals surface area (Å²) >= 11 is 0. The normalized spacial score (nSPS) is 14.0. The molecule has 8 heteroatoms. The van der Waals surface area contributed by atoms with E-state index in [4.69, 9.17) is 9.72 Å². The highest BCUT2D eigenvalue weighted by Gasteiger charge is 2.24. The van der Waals surface area contributed by atoms with Gasteiger partial charge < -0.3 is 14.5 Å². The molecule has 8 nitrogen and oxygen atoms in total. The topological polar surface area (TPSA) is 88.8 Å². The average Bonchev–Trinajstić information content (AvgIpc) is 2.78. The van der Waals surface area contributed by atoms with Crippen molar-refractivity contribution in [1.82, 2.24) is 9.88 Å². The number of amides is 1. The van der Waals surface area contributed by atoms with E-state index in [2.05, 4.69) is 36.9 Å². The molecule has 3 aromatic rings. The van der Waals surface area contributed by atoms with Crippen LogP contribution in [0.4, 0.5) is 11.5 Å². The summed E-state index contributed by atoms with van der Waals surface area (Å²) in [5.74, 6) is 0.838. The number of fused-ring (bicyclic) bond motifs is 1. The summed E-state index contributed by atoms with van der Waals surface area (Å²) in [5.41, 5.74) is 3.19. The second-order valence-corrected chi connectivity index (χ2v) is 7.65. The fourth-order valence-corrected chi connectivity index (χ4v) is 3.85. The largest absolute Gasteiger partial charge is 0.477 e. The lowest BCUT2D eigenvalue weighted by Gasteiger charge is -2.35. The lowest BCUT2D eigenvalue weighted by Crippen LogP contribution is -2.50. The zero-order valence-electron chi connectivity index (χ0n) is 17.6. The molecule has 1 aliphatic rings. The van der Waals surface area contributed by atoms with Crippen LogP contribution in [0.25, 0.3) is 10.9 Å². The monoisotopic (exact) mass is 420 g/mol. The van der Waals surface area contributed by atoms with Gasteiger partial charge in [-0.1, -0.05) is 30.3 Å². The molecule has 0 unspecified atom stereocenters. The summed E-state index contributed by atoms with van der Waals surface area (Å²) in [6, 6.07) is 14.4. The number of carbonyl (C=O) groups excluding carboxylic acids is 1. The van der Waals surface area contributed by atoms with E-state index in [9.17, 15) is 14.9 Å². The van der Waals surface area contributed by atoms with Gasteiger partial charge in [-0.05, 0) is 37.1 Å². The number of aromatic nitrogens is 1. The number of aryl methyl sites for hydroxylation is 2. The number of hydrogen-bond donors (Lipinski definition) is 0. The molecule has 2 heterocycles. The van der Waals surface area contributed by atoms with Crippen molar-refractivity contribution < 1.29 is 14.5 Å². The zero-order valence-corrected chi connectivity index (χ0v) is 17.6. The molecule has 0 atom stereocenters. The van der Waals surface area contributed by atoms with Crippen molar-refractivity contribution in [2.75, 3.05) is 37.7 Å². The summed E-state index contributed by atoms with van der Waals surface area (Å²) in [7, 11) is 0. The summed E-state index contributed by atoms with van der Waals surface area (Å²) in [5, 5.41) is 12.2. The Kier molecular flexibility index (Phi) is 5.70. The van der Waals surface area contributed by atoms with E-state index in [0.29, 0.717) is 26.2 Å². The molecule has 4 rings (SSSR count). The van der Waals surface area contributed by atoms with Crippen LogP contribution >= 0.6 is 0 Å². The third kappa shape index (κ3) is 4.28. The Bertz CT molecular complexity index is 1140. The molecule has 31 heavy (non-hydrogen) atoms. The number of carbonyl (C=O) groups is 1. The van der Waals surface area contributed by atoms with Crippen molar-refractivity contribution in [2.45, 2.75) is 13.8 Å². The Morgan fingerprint density at radius 3 is 2.55 bits per heavy atom. The number of nitro benzene ring substituents is 1. The minimum atomic E-state index is -0.515. The van der Waals surface area contributed by atoms with Crippen LogP contribution in [0.3, 0.4) is 0 Å². The van der Waals surface area contributed by atoms with Crippen LogP contribution < -0.4 is 9.64 Å². The van der Waals surface area contributed by atoms with E-state index in [0.717, 1.165) is 22.3 Å². The number of nitrogens with zero attached hydrogens (tertiary/aromatic N) is 4. The number of benzene rings is 2. The number of para-hydroxylation sites is 3. The zero-order chi connectivity index (χ0) is 22.0. The summed E-state index contributed by atoms with van der Waals surface area (Å²) in [6.07, 6.45) is 0. The maximum atomic E-state index is 12.6. The highest BCUT2D eigenvalue weighted by atomic mass is 16.6. The minimum absolute atomic E-state index is 0.102. The summed E-state index contributed by atoms with van der Waals surface area (Å²) in [6.45, 7) is 6.36. The first-order valence-corrected chi connectivity index (χ1v) is 10.2. The minimum Gasteiger partial charge on any atom is -0.477 e. The Hall–Kier alpha value is -3.68. The predicted molar refractivity (Wildman–Crippen MR) is 119 cm³/mol. The first kappa shape index (κ1) is 20.6. The van der Waals surface area contributed by atoms with Gasteiger partial charge in [-0.15, -0.1) is 0 Å². The van der Waals surface area contributed by atoms with Crippen LogP contribution in [0.2, 0.25) is 0 Å². The Labute approximate surface area is 180 Å². The molecule has 1 fully saturated rings.